The number of alkyl halides is 3. The van der Waals surface area contributed by atoms with Crippen molar-refractivity contribution < 1.29 is 13.2 Å². The van der Waals surface area contributed by atoms with E-state index in [0.717, 1.165) is 0 Å². The van der Waals surface area contributed by atoms with Gasteiger partial charge in [0.15, 0.2) is 5.82 Å². The first-order valence-corrected chi connectivity index (χ1v) is 4.27. The molecule has 7 heteroatoms. The van der Waals surface area contributed by atoms with Gasteiger partial charge in [0.1, 0.15) is 6.33 Å². The van der Waals surface area contributed by atoms with Gasteiger partial charge in [-0.05, 0) is 6.92 Å². The quantitative estimate of drug-likeness (QED) is 0.815. The summed E-state index contributed by atoms with van der Waals surface area (Å²) in [6, 6.07) is -0.776. The van der Waals surface area contributed by atoms with Crippen molar-refractivity contribution in [1.29, 1.82) is 0 Å². The fourth-order valence-electron chi connectivity index (χ4n) is 1.09. The molecule has 0 aliphatic carbocycles. The van der Waals surface area contributed by atoms with Crippen molar-refractivity contribution in [3.63, 3.8) is 0 Å². The van der Waals surface area contributed by atoms with Crippen LogP contribution < -0.4 is 11.1 Å². The van der Waals surface area contributed by atoms with Gasteiger partial charge >= 0.3 is 6.18 Å². The number of aromatic nitrogens is 2. The van der Waals surface area contributed by atoms with Gasteiger partial charge in [-0.2, -0.15) is 13.2 Å². The Morgan fingerprint density at radius 2 is 2.20 bits per heavy atom. The Morgan fingerprint density at radius 3 is 2.73 bits per heavy atom. The van der Waals surface area contributed by atoms with Gasteiger partial charge in [-0.15, -0.1) is 0 Å². The van der Waals surface area contributed by atoms with Gasteiger partial charge in [-0.3, -0.25) is 0 Å². The number of rotatable bonds is 3. The van der Waals surface area contributed by atoms with Crippen molar-refractivity contribution in [2.45, 2.75) is 25.6 Å². The zero-order valence-corrected chi connectivity index (χ0v) is 8.04. The highest BCUT2D eigenvalue weighted by molar-refractivity contribution is 5.59. The zero-order valence-electron chi connectivity index (χ0n) is 8.04. The molecule has 1 aromatic rings. The van der Waals surface area contributed by atoms with Crippen LogP contribution in [0.2, 0.25) is 0 Å². The molecule has 0 amide bonds. The minimum Gasteiger partial charge on any atom is -0.394 e. The lowest BCUT2D eigenvalue weighted by Gasteiger charge is -2.16. The van der Waals surface area contributed by atoms with Gasteiger partial charge in [-0.25, -0.2) is 9.97 Å². The number of hydrogen-bond donors (Lipinski definition) is 2. The van der Waals surface area contributed by atoms with Crippen LogP contribution in [-0.2, 0) is 0 Å². The van der Waals surface area contributed by atoms with Gasteiger partial charge in [0.2, 0.25) is 0 Å². The molecule has 0 saturated carbocycles. The van der Waals surface area contributed by atoms with Crippen LogP contribution in [0, 0.1) is 0 Å². The summed E-state index contributed by atoms with van der Waals surface area (Å²) in [4.78, 5) is 7.36. The Morgan fingerprint density at radius 1 is 1.53 bits per heavy atom. The highest BCUT2D eigenvalue weighted by atomic mass is 19.4. The Bertz CT molecular complexity index is 326. The normalized spacial score (nSPS) is 13.6. The Labute approximate surface area is 84.7 Å². The molecular weight excluding hydrogens is 209 g/mol. The summed E-state index contributed by atoms with van der Waals surface area (Å²) in [5, 5.41) is 2.57. The molecule has 0 fully saturated rings. The molecule has 1 aromatic heterocycles. The molecule has 1 heterocycles. The molecule has 0 radical (unpaired) electrons. The third-order valence-electron chi connectivity index (χ3n) is 1.66. The molecule has 1 unspecified atom stereocenters. The second-order valence-corrected chi connectivity index (χ2v) is 3.19. The Hall–Kier alpha value is -1.53. The molecule has 84 valence electrons. The van der Waals surface area contributed by atoms with Crippen LogP contribution >= 0.6 is 0 Å². The molecule has 0 bridgehead atoms. The predicted octanol–water partition coefficient (Wildman–Crippen LogP) is 1.81. The summed E-state index contributed by atoms with van der Waals surface area (Å²) in [6.45, 7) is 1.41. The van der Waals surface area contributed by atoms with Gasteiger partial charge in [0, 0.05) is 6.04 Å². The predicted molar refractivity (Wildman–Crippen MR) is 50.2 cm³/mol. The summed E-state index contributed by atoms with van der Waals surface area (Å²) in [5.41, 5.74) is 5.69. The SMILES string of the molecule is CC(CC(F)(F)F)Nc1ncncc1N. The zero-order chi connectivity index (χ0) is 11.5. The van der Waals surface area contributed by atoms with E-state index in [0.29, 0.717) is 0 Å². The molecule has 1 atom stereocenters. The minimum atomic E-state index is -4.20. The molecule has 0 aliphatic rings. The smallest absolute Gasteiger partial charge is 0.391 e. The van der Waals surface area contributed by atoms with E-state index in [9.17, 15) is 13.2 Å². The summed E-state index contributed by atoms with van der Waals surface area (Å²) >= 11 is 0. The second kappa shape index (κ2) is 4.33. The number of hydrogen-bond acceptors (Lipinski definition) is 4. The monoisotopic (exact) mass is 220 g/mol. The fourth-order valence-corrected chi connectivity index (χ4v) is 1.09. The maximum Gasteiger partial charge on any atom is 0.391 e. The van der Waals surface area contributed by atoms with Crippen molar-refractivity contribution in [2.24, 2.45) is 0 Å². The third-order valence-corrected chi connectivity index (χ3v) is 1.66. The minimum absolute atomic E-state index is 0.224. The lowest BCUT2D eigenvalue weighted by atomic mass is 10.2. The number of nitrogens with two attached hydrogens (primary N) is 1. The Balaban J connectivity index is 2.59. The highest BCUT2D eigenvalue weighted by Gasteiger charge is 2.30. The molecule has 1 rings (SSSR count). The first kappa shape index (κ1) is 11.5. The molecule has 3 N–H and O–H groups in total. The van der Waals surface area contributed by atoms with Crippen LogP contribution in [-0.4, -0.2) is 22.2 Å². The van der Waals surface area contributed by atoms with Crippen molar-refractivity contribution >= 4 is 11.5 Å². The molecule has 0 aromatic carbocycles. The molecule has 0 aliphatic heterocycles. The standard InChI is InChI=1S/C8H11F3N4/c1-5(2-8(9,10)11)15-7-6(12)3-13-4-14-7/h3-5H,2,12H2,1H3,(H,13,14,15). The lowest BCUT2D eigenvalue weighted by Crippen LogP contribution is -2.24. The van der Waals surface area contributed by atoms with Crippen molar-refractivity contribution in [1.82, 2.24) is 9.97 Å². The van der Waals surface area contributed by atoms with E-state index >= 15 is 0 Å². The van der Waals surface area contributed by atoms with E-state index in [1.807, 2.05) is 0 Å². The number of halogens is 3. The maximum atomic E-state index is 12.0. The topological polar surface area (TPSA) is 63.8 Å². The lowest BCUT2D eigenvalue weighted by molar-refractivity contribution is -0.136. The second-order valence-electron chi connectivity index (χ2n) is 3.19. The van der Waals surface area contributed by atoms with Crippen molar-refractivity contribution in [3.8, 4) is 0 Å². The van der Waals surface area contributed by atoms with Gasteiger partial charge < -0.3 is 11.1 Å². The summed E-state index contributed by atoms with van der Waals surface area (Å²) in [7, 11) is 0. The van der Waals surface area contributed by atoms with E-state index in [1.54, 1.807) is 0 Å². The molecule has 0 spiro atoms. The van der Waals surface area contributed by atoms with Crippen LogP contribution in [0.5, 0.6) is 0 Å². The molecule has 15 heavy (non-hydrogen) atoms. The first-order chi connectivity index (χ1) is 6.88. The van der Waals surface area contributed by atoms with Gasteiger partial charge in [0.25, 0.3) is 0 Å². The van der Waals surface area contributed by atoms with Gasteiger partial charge in [-0.1, -0.05) is 0 Å². The fraction of sp³-hybridized carbons (Fsp3) is 0.500. The summed E-state index contributed by atoms with van der Waals surface area (Å²) < 4.78 is 36.0. The number of nitrogens with one attached hydrogen (secondary N) is 1. The summed E-state index contributed by atoms with van der Waals surface area (Å²) in [6.07, 6.45) is -2.58. The average molecular weight is 220 g/mol. The van der Waals surface area contributed by atoms with Crippen molar-refractivity contribution in [3.05, 3.63) is 12.5 Å². The van der Waals surface area contributed by atoms with E-state index in [4.69, 9.17) is 5.73 Å². The van der Waals surface area contributed by atoms with Crippen molar-refractivity contribution in [2.75, 3.05) is 11.1 Å². The van der Waals surface area contributed by atoms with Gasteiger partial charge in [0.05, 0.1) is 18.3 Å². The van der Waals surface area contributed by atoms with Crippen LogP contribution in [0.15, 0.2) is 12.5 Å². The summed E-state index contributed by atoms with van der Waals surface area (Å²) in [5.74, 6) is 0.224. The largest absolute Gasteiger partial charge is 0.394 e. The third kappa shape index (κ3) is 4.01. The van der Waals surface area contributed by atoms with Crippen LogP contribution in [0.1, 0.15) is 13.3 Å². The maximum absolute atomic E-state index is 12.0. The Kier molecular flexibility index (Phi) is 3.33. The van der Waals surface area contributed by atoms with Crippen LogP contribution in [0.4, 0.5) is 24.7 Å². The highest BCUT2D eigenvalue weighted by Crippen LogP contribution is 2.23. The van der Waals surface area contributed by atoms with E-state index < -0.39 is 18.6 Å². The molecular formula is C8H11F3N4. The number of nitrogen functional groups attached to an aromatic ring is 1. The molecule has 4 nitrogen and oxygen atoms in total. The van der Waals surface area contributed by atoms with E-state index in [-0.39, 0.29) is 11.5 Å². The van der Waals surface area contributed by atoms with Crippen LogP contribution in [0.25, 0.3) is 0 Å². The number of anilines is 2. The van der Waals surface area contributed by atoms with Crippen LogP contribution in [0.3, 0.4) is 0 Å². The number of nitrogens with zero attached hydrogens (tertiary/aromatic N) is 2. The average Bonchev–Trinajstić information content (AvgIpc) is 2.05. The van der Waals surface area contributed by atoms with E-state index in [1.165, 1.54) is 19.4 Å². The first-order valence-electron chi connectivity index (χ1n) is 4.27. The van der Waals surface area contributed by atoms with E-state index in [2.05, 4.69) is 15.3 Å². The molecule has 0 saturated heterocycles.